The molecule has 0 aromatic heterocycles. The Labute approximate surface area is 164 Å². The fourth-order valence-corrected chi connectivity index (χ4v) is 2.96. The number of amides is 2. The molecule has 7 heteroatoms. The molecule has 1 aliphatic rings. The number of carbonyl (C=O) groups excluding carboxylic acids is 2. The summed E-state index contributed by atoms with van der Waals surface area (Å²) >= 11 is 0. The molecule has 2 amide bonds. The third-order valence-corrected chi connectivity index (χ3v) is 4.39. The first-order valence-electron chi connectivity index (χ1n) is 9.14. The Bertz CT molecular complexity index is 852. The Kier molecular flexibility index (Phi) is 6.37. The number of nitrogens with zero attached hydrogens (tertiary/aromatic N) is 1. The summed E-state index contributed by atoms with van der Waals surface area (Å²) in [6, 6.07) is 12.9. The van der Waals surface area contributed by atoms with Gasteiger partial charge in [-0.2, -0.15) is 0 Å². The molecular weight excluding hydrogens is 360 g/mol. The van der Waals surface area contributed by atoms with Gasteiger partial charge < -0.3 is 24.4 Å². The van der Waals surface area contributed by atoms with Crippen molar-refractivity contribution in [2.45, 2.75) is 13.3 Å². The van der Waals surface area contributed by atoms with E-state index in [1.54, 1.807) is 25.3 Å². The van der Waals surface area contributed by atoms with Crippen molar-refractivity contribution >= 4 is 17.5 Å². The van der Waals surface area contributed by atoms with Gasteiger partial charge in [0, 0.05) is 25.2 Å². The molecule has 0 unspecified atom stereocenters. The minimum absolute atomic E-state index is 0.0624. The van der Waals surface area contributed by atoms with Crippen LogP contribution in [0.4, 0.5) is 5.69 Å². The van der Waals surface area contributed by atoms with Crippen molar-refractivity contribution in [3.8, 4) is 17.2 Å². The van der Waals surface area contributed by atoms with Gasteiger partial charge in [-0.3, -0.25) is 9.59 Å². The van der Waals surface area contributed by atoms with Crippen molar-refractivity contribution in [3.05, 3.63) is 48.0 Å². The monoisotopic (exact) mass is 384 g/mol. The number of carbonyl (C=O) groups is 2. The highest BCUT2D eigenvalue weighted by molar-refractivity contribution is 5.97. The first-order chi connectivity index (χ1) is 13.6. The summed E-state index contributed by atoms with van der Waals surface area (Å²) in [7, 11) is 1.62. The van der Waals surface area contributed by atoms with Gasteiger partial charge in [0.1, 0.15) is 25.5 Å². The number of hydrogen-bond acceptors (Lipinski definition) is 5. The highest BCUT2D eigenvalue weighted by Crippen LogP contribution is 2.34. The van der Waals surface area contributed by atoms with E-state index in [0.717, 1.165) is 11.3 Å². The van der Waals surface area contributed by atoms with Gasteiger partial charge in [-0.1, -0.05) is 12.1 Å². The Morgan fingerprint density at radius 1 is 1.11 bits per heavy atom. The Morgan fingerprint density at radius 3 is 2.64 bits per heavy atom. The van der Waals surface area contributed by atoms with Crippen LogP contribution in [0.15, 0.2) is 42.5 Å². The largest absolute Gasteiger partial charge is 0.497 e. The quantitative estimate of drug-likeness (QED) is 0.792. The molecule has 28 heavy (non-hydrogen) atoms. The van der Waals surface area contributed by atoms with Crippen LogP contribution in [0.1, 0.15) is 12.5 Å². The molecule has 1 aliphatic heterocycles. The predicted molar refractivity (Wildman–Crippen MR) is 105 cm³/mol. The van der Waals surface area contributed by atoms with E-state index in [2.05, 4.69) is 5.32 Å². The first kappa shape index (κ1) is 19.5. The number of rotatable bonds is 7. The van der Waals surface area contributed by atoms with Gasteiger partial charge in [-0.25, -0.2) is 0 Å². The van der Waals surface area contributed by atoms with Crippen LogP contribution in [0.5, 0.6) is 17.2 Å². The molecule has 0 atom stereocenters. The molecule has 0 bridgehead atoms. The van der Waals surface area contributed by atoms with Crippen LogP contribution in [0.2, 0.25) is 0 Å². The number of fused-ring (bicyclic) bond motifs is 1. The number of nitrogens with one attached hydrogen (secondary N) is 1. The number of ether oxygens (including phenoxy) is 3. The Morgan fingerprint density at radius 2 is 1.89 bits per heavy atom. The summed E-state index contributed by atoms with van der Waals surface area (Å²) in [4.78, 5) is 25.8. The molecule has 2 aromatic rings. The second-order valence-corrected chi connectivity index (χ2v) is 6.38. The lowest BCUT2D eigenvalue weighted by Gasteiger charge is -2.24. The third-order valence-electron chi connectivity index (χ3n) is 4.39. The maximum atomic E-state index is 12.3. The molecular formula is C21H24N2O5. The molecule has 3 rings (SSSR count). The summed E-state index contributed by atoms with van der Waals surface area (Å²) in [6.07, 6.45) is 0.674. The van der Waals surface area contributed by atoms with Crippen LogP contribution in [0, 0.1) is 0 Å². The molecule has 0 spiro atoms. The summed E-state index contributed by atoms with van der Waals surface area (Å²) in [5, 5.41) is 2.86. The summed E-state index contributed by atoms with van der Waals surface area (Å²) < 4.78 is 16.3. The van der Waals surface area contributed by atoms with Crippen molar-refractivity contribution in [1.82, 2.24) is 5.32 Å². The number of methoxy groups -OCH3 is 1. The van der Waals surface area contributed by atoms with Crippen molar-refractivity contribution in [2.75, 3.05) is 38.3 Å². The van der Waals surface area contributed by atoms with E-state index in [-0.39, 0.29) is 18.4 Å². The number of hydrogen-bond donors (Lipinski definition) is 1. The standard InChI is InChI=1S/C21H24N2O5/c1-15(24)23(17-6-7-19-20(13-17)28-11-10-27-19)14-21(25)22-9-8-16-4-3-5-18(12-16)26-2/h3-7,12-13H,8-11,14H2,1-2H3,(H,22,25). The maximum absolute atomic E-state index is 12.3. The number of benzene rings is 2. The molecule has 2 aromatic carbocycles. The van der Waals surface area contributed by atoms with E-state index in [9.17, 15) is 9.59 Å². The minimum atomic E-state index is -0.229. The van der Waals surface area contributed by atoms with E-state index < -0.39 is 0 Å². The van der Waals surface area contributed by atoms with Crippen LogP contribution in [0.3, 0.4) is 0 Å². The van der Waals surface area contributed by atoms with E-state index in [1.807, 2.05) is 24.3 Å². The normalized spacial score (nSPS) is 12.2. The third kappa shape index (κ3) is 4.94. The fourth-order valence-electron chi connectivity index (χ4n) is 2.96. The lowest BCUT2D eigenvalue weighted by molar-refractivity contribution is -0.123. The second-order valence-electron chi connectivity index (χ2n) is 6.38. The zero-order valence-electron chi connectivity index (χ0n) is 16.1. The van der Waals surface area contributed by atoms with Crippen LogP contribution in [-0.4, -0.2) is 45.2 Å². The van der Waals surface area contributed by atoms with Crippen LogP contribution in [-0.2, 0) is 16.0 Å². The van der Waals surface area contributed by atoms with Gasteiger partial charge in [0.2, 0.25) is 11.8 Å². The summed E-state index contributed by atoms with van der Waals surface area (Å²) in [5.74, 6) is 1.55. The van der Waals surface area contributed by atoms with E-state index in [4.69, 9.17) is 14.2 Å². The molecule has 148 valence electrons. The van der Waals surface area contributed by atoms with Gasteiger partial charge in [0.15, 0.2) is 11.5 Å². The molecule has 1 heterocycles. The van der Waals surface area contributed by atoms with Crippen molar-refractivity contribution in [1.29, 1.82) is 0 Å². The molecule has 0 aliphatic carbocycles. The average molecular weight is 384 g/mol. The second kappa shape index (κ2) is 9.12. The molecule has 0 fully saturated rings. The van der Waals surface area contributed by atoms with Gasteiger partial charge in [-0.05, 0) is 36.2 Å². The van der Waals surface area contributed by atoms with Gasteiger partial charge in [0.05, 0.1) is 7.11 Å². The lowest BCUT2D eigenvalue weighted by Crippen LogP contribution is -2.40. The van der Waals surface area contributed by atoms with Crippen molar-refractivity contribution < 1.29 is 23.8 Å². The maximum Gasteiger partial charge on any atom is 0.240 e. The van der Waals surface area contributed by atoms with Crippen LogP contribution < -0.4 is 24.4 Å². The Hall–Kier alpha value is -3.22. The minimum Gasteiger partial charge on any atom is -0.497 e. The summed E-state index contributed by atoms with van der Waals surface area (Å²) in [5.41, 5.74) is 1.66. The number of anilines is 1. The van der Waals surface area contributed by atoms with E-state index >= 15 is 0 Å². The highest BCUT2D eigenvalue weighted by Gasteiger charge is 2.19. The van der Waals surface area contributed by atoms with Crippen LogP contribution >= 0.6 is 0 Å². The predicted octanol–water partition coefficient (Wildman–Crippen LogP) is 2.18. The highest BCUT2D eigenvalue weighted by atomic mass is 16.6. The summed E-state index contributed by atoms with van der Waals surface area (Å²) in [6.45, 7) is 2.80. The average Bonchev–Trinajstić information content (AvgIpc) is 2.71. The zero-order chi connectivity index (χ0) is 19.9. The smallest absolute Gasteiger partial charge is 0.240 e. The van der Waals surface area contributed by atoms with Crippen molar-refractivity contribution in [2.24, 2.45) is 0 Å². The topological polar surface area (TPSA) is 77.1 Å². The molecule has 1 N–H and O–H groups in total. The first-order valence-corrected chi connectivity index (χ1v) is 9.14. The van der Waals surface area contributed by atoms with Gasteiger partial charge >= 0.3 is 0 Å². The Balaban J connectivity index is 1.58. The van der Waals surface area contributed by atoms with Gasteiger partial charge in [0.25, 0.3) is 0 Å². The molecule has 0 saturated carbocycles. The van der Waals surface area contributed by atoms with E-state index in [0.29, 0.717) is 43.4 Å². The zero-order valence-corrected chi connectivity index (χ0v) is 16.1. The van der Waals surface area contributed by atoms with Crippen molar-refractivity contribution in [3.63, 3.8) is 0 Å². The van der Waals surface area contributed by atoms with E-state index in [1.165, 1.54) is 11.8 Å². The molecule has 0 saturated heterocycles. The lowest BCUT2D eigenvalue weighted by atomic mass is 10.1. The van der Waals surface area contributed by atoms with Crippen LogP contribution in [0.25, 0.3) is 0 Å². The van der Waals surface area contributed by atoms with Gasteiger partial charge in [-0.15, -0.1) is 0 Å². The molecule has 7 nitrogen and oxygen atoms in total. The SMILES string of the molecule is COc1cccc(CCNC(=O)CN(C(C)=O)c2ccc3c(c2)OCCO3)c1. The fraction of sp³-hybridized carbons (Fsp3) is 0.333. The molecule has 0 radical (unpaired) electrons.